The first-order chi connectivity index (χ1) is 20.5. The van der Waals surface area contributed by atoms with Gasteiger partial charge in [-0.05, 0) is 23.1 Å². The molecule has 0 saturated carbocycles. The van der Waals surface area contributed by atoms with Crippen LogP contribution in [0, 0.1) is 0 Å². The Morgan fingerprint density at radius 1 is 0.953 bits per heavy atom. The highest BCUT2D eigenvalue weighted by Gasteiger charge is 2.29. The highest BCUT2D eigenvalue weighted by Crippen LogP contribution is 2.30. The molecular weight excluding hydrogens is 568 g/mol. The second kappa shape index (κ2) is 12.7. The van der Waals surface area contributed by atoms with Gasteiger partial charge < -0.3 is 14.8 Å². The first kappa shape index (κ1) is 30.4. The Morgan fingerprint density at radius 3 is 2.33 bits per heavy atom. The topological polar surface area (TPSA) is 120 Å². The summed E-state index contributed by atoms with van der Waals surface area (Å²) in [5.74, 6) is -1.58. The fourth-order valence-corrected chi connectivity index (χ4v) is 6.22. The minimum absolute atomic E-state index is 0.0911. The molecule has 1 aromatic heterocycles. The average Bonchev–Trinajstić information content (AvgIpc) is 3.43. The number of Topliss-reactive ketones (excluding diaryl/α,β-unsaturated/α-hetero) is 1. The summed E-state index contributed by atoms with van der Waals surface area (Å²) in [6, 6.07) is 20.7. The number of hydrogen-bond acceptors (Lipinski definition) is 8. The smallest absolute Gasteiger partial charge is 0.297 e. The number of benzene rings is 3. The van der Waals surface area contributed by atoms with Crippen molar-refractivity contribution in [3.8, 4) is 5.75 Å². The first-order valence-corrected chi connectivity index (χ1v) is 15.8. The zero-order valence-electron chi connectivity index (χ0n) is 24.6. The van der Waals surface area contributed by atoms with E-state index in [2.05, 4.69) is 15.3 Å². The van der Waals surface area contributed by atoms with Crippen LogP contribution in [0.25, 0.3) is 10.8 Å². The SMILES string of the molecule is CC(C)(C)c1cc(NC(=O)C(=O)c2ccc(OCCN3CCOCC3)c3ccccc23)n(S(=O)(=O)Cc2ccccc2)n1. The number of aromatic nitrogens is 2. The van der Waals surface area contributed by atoms with E-state index >= 15 is 0 Å². The highest BCUT2D eigenvalue weighted by molar-refractivity contribution is 7.89. The van der Waals surface area contributed by atoms with Gasteiger partial charge in [-0.2, -0.15) is 5.10 Å². The molecule has 226 valence electrons. The van der Waals surface area contributed by atoms with Crippen molar-refractivity contribution in [3.63, 3.8) is 0 Å². The summed E-state index contributed by atoms with van der Waals surface area (Å²) in [6.07, 6.45) is 0. The third kappa shape index (κ3) is 7.12. The summed E-state index contributed by atoms with van der Waals surface area (Å²) in [4.78, 5) is 29.1. The van der Waals surface area contributed by atoms with Gasteiger partial charge in [0.15, 0.2) is 0 Å². The van der Waals surface area contributed by atoms with Crippen LogP contribution in [0.4, 0.5) is 5.82 Å². The van der Waals surface area contributed by atoms with Crippen LogP contribution in [0.5, 0.6) is 5.75 Å². The number of fused-ring (bicyclic) bond motifs is 1. The van der Waals surface area contributed by atoms with Gasteiger partial charge >= 0.3 is 0 Å². The minimum atomic E-state index is -4.02. The number of carbonyl (C=O) groups is 2. The molecule has 1 amide bonds. The third-order valence-corrected chi connectivity index (χ3v) is 8.75. The van der Waals surface area contributed by atoms with Gasteiger partial charge in [-0.15, -0.1) is 4.09 Å². The Morgan fingerprint density at radius 2 is 1.63 bits per heavy atom. The van der Waals surface area contributed by atoms with Crippen LogP contribution < -0.4 is 10.1 Å². The van der Waals surface area contributed by atoms with Crippen molar-refractivity contribution >= 4 is 38.3 Å². The molecule has 0 aliphatic carbocycles. The quantitative estimate of drug-likeness (QED) is 0.211. The van der Waals surface area contributed by atoms with Crippen LogP contribution in [-0.2, 0) is 30.7 Å². The van der Waals surface area contributed by atoms with E-state index in [4.69, 9.17) is 9.47 Å². The highest BCUT2D eigenvalue weighted by atomic mass is 32.2. The number of amides is 1. The fourth-order valence-electron chi connectivity index (χ4n) is 4.87. The van der Waals surface area contributed by atoms with Gasteiger partial charge in [-0.1, -0.05) is 75.4 Å². The predicted molar refractivity (Wildman–Crippen MR) is 165 cm³/mol. The lowest BCUT2D eigenvalue weighted by Crippen LogP contribution is -2.38. The van der Waals surface area contributed by atoms with E-state index in [0.717, 1.165) is 23.7 Å². The molecule has 0 atom stereocenters. The molecule has 0 radical (unpaired) electrons. The summed E-state index contributed by atoms with van der Waals surface area (Å²) in [5, 5.41) is 8.13. The summed E-state index contributed by atoms with van der Waals surface area (Å²) in [7, 11) is -4.02. The van der Waals surface area contributed by atoms with Crippen molar-refractivity contribution < 1.29 is 27.5 Å². The van der Waals surface area contributed by atoms with Crippen molar-refractivity contribution in [2.45, 2.75) is 31.9 Å². The second-order valence-corrected chi connectivity index (χ2v) is 13.3. The third-order valence-electron chi connectivity index (χ3n) is 7.25. The van der Waals surface area contributed by atoms with Crippen molar-refractivity contribution in [3.05, 3.63) is 89.6 Å². The molecule has 4 aromatic rings. The number of nitrogens with one attached hydrogen (secondary N) is 1. The van der Waals surface area contributed by atoms with Crippen LogP contribution in [0.2, 0.25) is 0 Å². The standard InChI is InChI=1S/C32H36N4O6S/c1-32(2,3)28-21-29(36(34-28)43(39,40)22-23-9-5-4-6-10-23)33-31(38)30(37)26-13-14-27(25-12-8-7-11-24(25)26)42-20-17-35-15-18-41-19-16-35/h4-14,21H,15-20,22H2,1-3H3,(H,33,38). The molecule has 1 saturated heterocycles. The molecule has 0 unspecified atom stereocenters. The molecule has 1 fully saturated rings. The van der Waals surface area contributed by atoms with Gasteiger partial charge in [0, 0.05) is 42.1 Å². The summed E-state index contributed by atoms with van der Waals surface area (Å²) < 4.78 is 39.1. The van der Waals surface area contributed by atoms with E-state index in [1.165, 1.54) is 6.07 Å². The molecular formula is C32H36N4O6S. The maximum Gasteiger partial charge on any atom is 0.297 e. The number of hydrogen-bond donors (Lipinski definition) is 1. The number of rotatable bonds is 10. The number of ketones is 1. The Bertz CT molecular complexity index is 1720. The largest absolute Gasteiger partial charge is 0.492 e. The first-order valence-electron chi connectivity index (χ1n) is 14.2. The minimum Gasteiger partial charge on any atom is -0.492 e. The summed E-state index contributed by atoms with van der Waals surface area (Å²) in [5.41, 5.74) is 0.700. The maximum absolute atomic E-state index is 13.5. The monoisotopic (exact) mass is 604 g/mol. The zero-order valence-corrected chi connectivity index (χ0v) is 25.4. The van der Waals surface area contributed by atoms with Crippen LogP contribution >= 0.6 is 0 Å². The van der Waals surface area contributed by atoms with E-state index in [9.17, 15) is 18.0 Å². The van der Waals surface area contributed by atoms with E-state index in [-0.39, 0.29) is 17.1 Å². The van der Waals surface area contributed by atoms with E-state index < -0.39 is 27.1 Å². The second-order valence-electron chi connectivity index (χ2n) is 11.5. The van der Waals surface area contributed by atoms with Crippen molar-refractivity contribution in [2.24, 2.45) is 0 Å². The van der Waals surface area contributed by atoms with Gasteiger partial charge in [0.05, 0.1) is 24.7 Å². The molecule has 5 rings (SSSR count). The van der Waals surface area contributed by atoms with Crippen LogP contribution in [0.3, 0.4) is 0 Å². The number of anilines is 1. The normalized spacial score (nSPS) is 14.5. The van der Waals surface area contributed by atoms with Gasteiger partial charge in [-0.3, -0.25) is 14.5 Å². The van der Waals surface area contributed by atoms with Crippen LogP contribution in [0.1, 0.15) is 42.4 Å². The van der Waals surface area contributed by atoms with Gasteiger partial charge in [0.2, 0.25) is 0 Å². The average molecular weight is 605 g/mol. The molecule has 3 aromatic carbocycles. The number of morpholine rings is 1. The molecule has 1 N–H and O–H groups in total. The molecule has 11 heteroatoms. The van der Waals surface area contributed by atoms with E-state index in [1.807, 2.05) is 32.9 Å². The molecule has 10 nitrogen and oxygen atoms in total. The number of ether oxygens (including phenoxy) is 2. The Labute approximate surface area is 251 Å². The summed E-state index contributed by atoms with van der Waals surface area (Å²) in [6.45, 7) is 10.0. The van der Waals surface area contributed by atoms with E-state index in [0.29, 0.717) is 47.6 Å². The van der Waals surface area contributed by atoms with Crippen molar-refractivity contribution in [1.29, 1.82) is 0 Å². The van der Waals surface area contributed by atoms with Crippen molar-refractivity contribution in [2.75, 3.05) is 44.8 Å². The molecule has 1 aliphatic rings. The lowest BCUT2D eigenvalue weighted by molar-refractivity contribution is -0.112. The molecule has 0 bridgehead atoms. The van der Waals surface area contributed by atoms with Crippen LogP contribution in [-0.4, -0.2) is 73.6 Å². The molecule has 0 spiro atoms. The van der Waals surface area contributed by atoms with Gasteiger partial charge in [0.1, 0.15) is 18.2 Å². The number of nitrogens with zero attached hydrogens (tertiary/aromatic N) is 3. The predicted octanol–water partition coefficient (Wildman–Crippen LogP) is 4.24. The Hall–Kier alpha value is -4.06. The summed E-state index contributed by atoms with van der Waals surface area (Å²) >= 11 is 0. The van der Waals surface area contributed by atoms with Gasteiger partial charge in [-0.25, -0.2) is 8.42 Å². The molecule has 2 heterocycles. The zero-order chi connectivity index (χ0) is 30.6. The van der Waals surface area contributed by atoms with Gasteiger partial charge in [0.25, 0.3) is 21.7 Å². The number of carbonyl (C=O) groups excluding carboxylic acids is 2. The molecule has 43 heavy (non-hydrogen) atoms. The Balaban J connectivity index is 1.38. The molecule has 1 aliphatic heterocycles. The van der Waals surface area contributed by atoms with E-state index in [1.54, 1.807) is 54.6 Å². The fraction of sp³-hybridized carbons (Fsp3) is 0.344. The Kier molecular flexibility index (Phi) is 8.95. The van der Waals surface area contributed by atoms with Crippen LogP contribution in [0.15, 0.2) is 72.8 Å². The maximum atomic E-state index is 13.5. The lowest BCUT2D eigenvalue weighted by atomic mass is 9.92. The van der Waals surface area contributed by atoms with Crippen molar-refractivity contribution in [1.82, 2.24) is 14.1 Å². The lowest BCUT2D eigenvalue weighted by Gasteiger charge is -2.26.